The Hall–Kier alpha value is -2.69. The molecule has 1 N–H and O–H groups in total. The van der Waals surface area contributed by atoms with E-state index in [1.54, 1.807) is 30.3 Å². The van der Waals surface area contributed by atoms with Crippen LogP contribution in [0.25, 0.3) is 11.1 Å². The lowest BCUT2D eigenvalue weighted by atomic mass is 10.0. The molecule has 0 aromatic heterocycles. The van der Waals surface area contributed by atoms with Crippen LogP contribution < -0.4 is 5.32 Å². The number of anilines is 1. The van der Waals surface area contributed by atoms with E-state index in [0.29, 0.717) is 17.7 Å². The lowest BCUT2D eigenvalue weighted by Gasteiger charge is -2.07. The number of esters is 1. The minimum absolute atomic E-state index is 0.113. The summed E-state index contributed by atoms with van der Waals surface area (Å²) in [5.74, 6) is -1.37. The molecule has 5 heteroatoms. The molecule has 2 rings (SSSR count). The molecule has 0 atom stereocenters. The third kappa shape index (κ3) is 2.83. The first-order valence-electron chi connectivity index (χ1n) is 5.84. The average molecular weight is 273 g/mol. The number of rotatable bonds is 4. The predicted octanol–water partition coefficient (Wildman–Crippen LogP) is 2.85. The smallest absolute Gasteiger partial charge is 0.340 e. The Morgan fingerprint density at radius 3 is 2.60 bits per heavy atom. The number of carbonyl (C=O) groups excluding carboxylic acids is 2. The van der Waals surface area contributed by atoms with Gasteiger partial charge >= 0.3 is 5.97 Å². The van der Waals surface area contributed by atoms with Gasteiger partial charge in [-0.1, -0.05) is 18.2 Å². The number of halogens is 1. The van der Waals surface area contributed by atoms with Crippen LogP contribution in [0.1, 0.15) is 10.4 Å². The van der Waals surface area contributed by atoms with Crippen LogP contribution in [0, 0.1) is 5.82 Å². The van der Waals surface area contributed by atoms with E-state index in [4.69, 9.17) is 0 Å². The van der Waals surface area contributed by atoms with Gasteiger partial charge in [0.25, 0.3) is 0 Å². The van der Waals surface area contributed by atoms with Crippen molar-refractivity contribution in [2.75, 3.05) is 12.4 Å². The molecule has 102 valence electrons. The van der Waals surface area contributed by atoms with Crippen molar-refractivity contribution in [3.05, 3.63) is 53.8 Å². The summed E-state index contributed by atoms with van der Waals surface area (Å²) in [5, 5.41) is 2.52. The first-order valence-corrected chi connectivity index (χ1v) is 5.84. The van der Waals surface area contributed by atoms with Crippen molar-refractivity contribution in [3.63, 3.8) is 0 Å². The second-order valence-corrected chi connectivity index (χ2v) is 4.03. The molecule has 1 amide bonds. The van der Waals surface area contributed by atoms with Gasteiger partial charge in [0, 0.05) is 5.69 Å². The molecule has 0 radical (unpaired) electrons. The van der Waals surface area contributed by atoms with E-state index in [1.807, 2.05) is 0 Å². The highest BCUT2D eigenvalue weighted by Crippen LogP contribution is 2.24. The maximum absolute atomic E-state index is 13.8. The third-order valence-corrected chi connectivity index (χ3v) is 2.80. The molecule has 0 aliphatic heterocycles. The van der Waals surface area contributed by atoms with E-state index in [2.05, 4.69) is 10.1 Å². The van der Waals surface area contributed by atoms with E-state index >= 15 is 0 Å². The fraction of sp³-hybridized carbons (Fsp3) is 0.0667. The second kappa shape index (κ2) is 5.97. The van der Waals surface area contributed by atoms with Gasteiger partial charge in [-0.3, -0.25) is 4.79 Å². The summed E-state index contributed by atoms with van der Waals surface area (Å²) in [5.41, 5.74) is 1.82. The topological polar surface area (TPSA) is 55.4 Å². The summed E-state index contributed by atoms with van der Waals surface area (Å²) in [6, 6.07) is 11.2. The fourth-order valence-corrected chi connectivity index (χ4v) is 1.83. The zero-order valence-corrected chi connectivity index (χ0v) is 10.7. The van der Waals surface area contributed by atoms with Gasteiger partial charge < -0.3 is 10.1 Å². The van der Waals surface area contributed by atoms with Gasteiger partial charge in [0.15, 0.2) is 0 Å². The molecule has 0 spiro atoms. The number of carbonyl (C=O) groups is 2. The predicted molar refractivity (Wildman–Crippen MR) is 72.9 cm³/mol. The quantitative estimate of drug-likeness (QED) is 0.688. The van der Waals surface area contributed by atoms with E-state index in [1.165, 1.54) is 19.2 Å². The summed E-state index contributed by atoms with van der Waals surface area (Å²) in [4.78, 5) is 21.7. The molecular weight excluding hydrogens is 261 g/mol. The molecule has 20 heavy (non-hydrogen) atoms. The number of benzene rings is 2. The highest BCUT2D eigenvalue weighted by Gasteiger charge is 2.12. The lowest BCUT2D eigenvalue weighted by Crippen LogP contribution is -2.04. The van der Waals surface area contributed by atoms with E-state index in [-0.39, 0.29) is 5.56 Å². The van der Waals surface area contributed by atoms with Crippen LogP contribution in [0.4, 0.5) is 10.1 Å². The van der Waals surface area contributed by atoms with Gasteiger partial charge in [-0.25, -0.2) is 9.18 Å². The van der Waals surface area contributed by atoms with Gasteiger partial charge in [-0.2, -0.15) is 0 Å². The number of amides is 1. The zero-order valence-electron chi connectivity index (χ0n) is 10.7. The monoisotopic (exact) mass is 273 g/mol. The lowest BCUT2D eigenvalue weighted by molar-refractivity contribution is -0.105. The van der Waals surface area contributed by atoms with Crippen LogP contribution in [0.5, 0.6) is 0 Å². The van der Waals surface area contributed by atoms with Crippen LogP contribution in [0.2, 0.25) is 0 Å². The van der Waals surface area contributed by atoms with Crippen LogP contribution in [0.3, 0.4) is 0 Å². The van der Waals surface area contributed by atoms with Crippen molar-refractivity contribution in [2.45, 2.75) is 0 Å². The molecule has 2 aromatic rings. The number of methoxy groups -OCH3 is 1. The van der Waals surface area contributed by atoms with Gasteiger partial charge in [0.2, 0.25) is 6.41 Å². The van der Waals surface area contributed by atoms with Crippen molar-refractivity contribution in [1.82, 2.24) is 0 Å². The van der Waals surface area contributed by atoms with Crippen molar-refractivity contribution >= 4 is 18.1 Å². The number of hydrogen-bond donors (Lipinski definition) is 1. The Morgan fingerprint density at radius 1 is 1.20 bits per heavy atom. The number of nitrogens with one attached hydrogen (secondary N) is 1. The van der Waals surface area contributed by atoms with Crippen LogP contribution in [-0.4, -0.2) is 19.5 Å². The highest BCUT2D eigenvalue weighted by atomic mass is 19.1. The summed E-state index contributed by atoms with van der Waals surface area (Å²) in [6.07, 6.45) is 0.569. The zero-order chi connectivity index (χ0) is 14.5. The molecule has 0 bridgehead atoms. The number of ether oxygens (including phenoxy) is 1. The molecule has 0 fully saturated rings. The van der Waals surface area contributed by atoms with Crippen LogP contribution in [-0.2, 0) is 9.53 Å². The van der Waals surface area contributed by atoms with Crippen molar-refractivity contribution < 1.29 is 18.7 Å². The van der Waals surface area contributed by atoms with Gasteiger partial charge in [-0.15, -0.1) is 0 Å². The minimum Gasteiger partial charge on any atom is -0.465 e. The van der Waals surface area contributed by atoms with Crippen LogP contribution >= 0.6 is 0 Å². The van der Waals surface area contributed by atoms with Gasteiger partial charge in [0.05, 0.1) is 12.7 Å². The molecule has 4 nitrogen and oxygen atoms in total. The Bertz CT molecular complexity index is 655. The van der Waals surface area contributed by atoms with E-state index in [9.17, 15) is 14.0 Å². The fourth-order valence-electron chi connectivity index (χ4n) is 1.83. The molecule has 0 aliphatic carbocycles. The highest BCUT2D eigenvalue weighted by molar-refractivity contribution is 5.90. The van der Waals surface area contributed by atoms with Crippen molar-refractivity contribution in [2.24, 2.45) is 0 Å². The number of hydrogen-bond acceptors (Lipinski definition) is 3. The molecule has 0 unspecified atom stereocenters. The average Bonchev–Trinajstić information content (AvgIpc) is 2.47. The Morgan fingerprint density at radius 2 is 1.95 bits per heavy atom. The van der Waals surface area contributed by atoms with Crippen molar-refractivity contribution in [3.8, 4) is 11.1 Å². The largest absolute Gasteiger partial charge is 0.465 e. The van der Waals surface area contributed by atoms with Crippen molar-refractivity contribution in [1.29, 1.82) is 0 Å². The summed E-state index contributed by atoms with van der Waals surface area (Å²) < 4.78 is 18.3. The SMILES string of the molecule is COC(=O)c1ccc(-c2cccc(NC=O)c2)cc1F. The normalized spacial score (nSPS) is 9.90. The van der Waals surface area contributed by atoms with Gasteiger partial charge in [-0.05, 0) is 35.4 Å². The summed E-state index contributed by atoms with van der Waals surface area (Å²) >= 11 is 0. The molecule has 2 aromatic carbocycles. The standard InChI is InChI=1S/C15H12FNO3/c1-20-15(19)13-6-5-11(8-14(13)16)10-3-2-4-12(7-10)17-9-18/h2-9H,1H3,(H,17,18). The maximum atomic E-state index is 13.8. The van der Waals surface area contributed by atoms with Gasteiger partial charge in [0.1, 0.15) is 5.82 Å². The molecule has 0 heterocycles. The Kier molecular flexibility index (Phi) is 4.10. The second-order valence-electron chi connectivity index (χ2n) is 4.03. The summed E-state index contributed by atoms with van der Waals surface area (Å²) in [6.45, 7) is 0. The molecule has 0 aliphatic rings. The maximum Gasteiger partial charge on any atom is 0.340 e. The Balaban J connectivity index is 2.38. The molecule has 0 saturated carbocycles. The molecular formula is C15H12FNO3. The minimum atomic E-state index is -0.717. The first kappa shape index (κ1) is 13.7. The van der Waals surface area contributed by atoms with E-state index in [0.717, 1.165) is 5.56 Å². The Labute approximate surface area is 115 Å². The van der Waals surface area contributed by atoms with Crippen LogP contribution in [0.15, 0.2) is 42.5 Å². The third-order valence-electron chi connectivity index (χ3n) is 2.80. The van der Waals surface area contributed by atoms with E-state index < -0.39 is 11.8 Å². The molecule has 0 saturated heterocycles. The summed E-state index contributed by atoms with van der Waals surface area (Å²) in [7, 11) is 1.20. The first-order chi connectivity index (χ1) is 9.65.